The van der Waals surface area contributed by atoms with Crippen molar-refractivity contribution in [3.8, 4) is 0 Å². The standard InChI is InChI=1S/C34H46N4O8S/c1-5-14-35-22(4)31-26-17-24(11-12-27(26)36-32(31)40)47(42,43)38(18-21(2)3)19-29(39)28(16-23-9-7-6-8-10-23)37-34(41)46-30-20-45-33-25(30)13-15-44-33/h6-12,17,21,25,28-30,33,35,39H,5,13-16,18-20H2,1-4H3,(H,36,40)(H,37,41)/b31-22+. The van der Waals surface area contributed by atoms with Crippen molar-refractivity contribution in [2.45, 2.75) is 76.4 Å². The van der Waals surface area contributed by atoms with E-state index in [4.69, 9.17) is 14.2 Å². The molecule has 2 aromatic carbocycles. The lowest BCUT2D eigenvalue weighted by Crippen LogP contribution is -2.51. The molecule has 2 fully saturated rings. The Kier molecular flexibility index (Phi) is 11.2. The summed E-state index contributed by atoms with van der Waals surface area (Å²) in [4.78, 5) is 26.0. The minimum Gasteiger partial charge on any atom is -0.443 e. The van der Waals surface area contributed by atoms with Crippen molar-refractivity contribution in [3.05, 3.63) is 65.4 Å². The molecule has 3 heterocycles. The number of rotatable bonds is 14. The van der Waals surface area contributed by atoms with Gasteiger partial charge in [0.2, 0.25) is 10.0 Å². The van der Waals surface area contributed by atoms with Crippen molar-refractivity contribution in [1.29, 1.82) is 0 Å². The number of nitrogens with one attached hydrogen (secondary N) is 3. The molecule has 0 saturated carbocycles. The van der Waals surface area contributed by atoms with E-state index in [1.54, 1.807) is 13.0 Å². The van der Waals surface area contributed by atoms with Gasteiger partial charge in [0.1, 0.15) is 6.10 Å². The van der Waals surface area contributed by atoms with Crippen LogP contribution in [0.3, 0.4) is 0 Å². The molecule has 3 aliphatic heterocycles. The molecule has 5 unspecified atom stereocenters. The lowest BCUT2D eigenvalue weighted by molar-refractivity contribution is -0.110. The average Bonchev–Trinajstić information content (AvgIpc) is 3.74. The smallest absolute Gasteiger partial charge is 0.407 e. The molecule has 5 rings (SSSR count). The van der Waals surface area contributed by atoms with Crippen LogP contribution >= 0.6 is 0 Å². The largest absolute Gasteiger partial charge is 0.443 e. The fraction of sp³-hybridized carbons (Fsp3) is 0.529. The van der Waals surface area contributed by atoms with Gasteiger partial charge in [-0.1, -0.05) is 51.1 Å². The van der Waals surface area contributed by atoms with Gasteiger partial charge in [-0.3, -0.25) is 4.79 Å². The van der Waals surface area contributed by atoms with E-state index in [9.17, 15) is 23.1 Å². The van der Waals surface area contributed by atoms with Gasteiger partial charge in [-0.2, -0.15) is 4.31 Å². The summed E-state index contributed by atoms with van der Waals surface area (Å²) in [5.41, 5.74) is 2.94. The first-order chi connectivity index (χ1) is 22.5. The Hall–Kier alpha value is -3.49. The van der Waals surface area contributed by atoms with Crippen molar-refractivity contribution < 1.29 is 37.3 Å². The van der Waals surface area contributed by atoms with Gasteiger partial charge in [-0.15, -0.1) is 0 Å². The molecular formula is C34H46N4O8S. The van der Waals surface area contributed by atoms with Gasteiger partial charge in [0.25, 0.3) is 5.91 Å². The summed E-state index contributed by atoms with van der Waals surface area (Å²) < 4.78 is 46.5. The molecule has 5 atom stereocenters. The number of amides is 2. The number of carbonyl (C=O) groups excluding carboxylic acids is 2. The van der Waals surface area contributed by atoms with E-state index < -0.39 is 34.4 Å². The van der Waals surface area contributed by atoms with E-state index in [1.165, 1.54) is 16.4 Å². The predicted molar refractivity (Wildman–Crippen MR) is 177 cm³/mol. The summed E-state index contributed by atoms with van der Waals surface area (Å²) in [6, 6.07) is 13.0. The Bertz CT molecular complexity index is 1560. The van der Waals surface area contributed by atoms with Gasteiger partial charge in [0, 0.05) is 36.6 Å². The number of hydrogen-bond donors (Lipinski definition) is 4. The lowest BCUT2D eigenvalue weighted by atomic mass is 10.0. The van der Waals surface area contributed by atoms with Crippen LogP contribution in [0.25, 0.3) is 5.57 Å². The van der Waals surface area contributed by atoms with Gasteiger partial charge >= 0.3 is 6.09 Å². The maximum atomic E-state index is 14.2. The summed E-state index contributed by atoms with van der Waals surface area (Å²) >= 11 is 0. The van der Waals surface area contributed by atoms with Gasteiger partial charge < -0.3 is 35.3 Å². The first-order valence-corrected chi connectivity index (χ1v) is 17.7. The van der Waals surface area contributed by atoms with E-state index in [0.29, 0.717) is 35.7 Å². The highest BCUT2D eigenvalue weighted by Crippen LogP contribution is 2.36. The molecule has 2 saturated heterocycles. The van der Waals surface area contributed by atoms with E-state index in [2.05, 4.69) is 16.0 Å². The average molecular weight is 671 g/mol. The Balaban J connectivity index is 1.38. The normalized spacial score (nSPS) is 22.9. The lowest BCUT2D eigenvalue weighted by Gasteiger charge is -2.31. The molecule has 0 bridgehead atoms. The van der Waals surface area contributed by atoms with Crippen LogP contribution in [0.4, 0.5) is 10.5 Å². The second-order valence-electron chi connectivity index (χ2n) is 12.8. The summed E-state index contributed by atoms with van der Waals surface area (Å²) in [5, 5.41) is 20.5. The molecule has 13 heteroatoms. The van der Waals surface area contributed by atoms with Crippen LogP contribution in [-0.4, -0.2) is 87.2 Å². The first-order valence-electron chi connectivity index (χ1n) is 16.3. The van der Waals surface area contributed by atoms with Gasteiger partial charge in [0.05, 0.1) is 41.7 Å². The number of carbonyl (C=O) groups is 2. The van der Waals surface area contributed by atoms with Crippen molar-refractivity contribution in [2.75, 3.05) is 38.2 Å². The number of nitrogens with zero attached hydrogens (tertiary/aromatic N) is 1. The van der Waals surface area contributed by atoms with Gasteiger partial charge in [-0.05, 0) is 55.9 Å². The second kappa shape index (κ2) is 15.2. The first kappa shape index (κ1) is 34.8. The number of fused-ring (bicyclic) bond motifs is 2. The van der Waals surface area contributed by atoms with Gasteiger partial charge in [0.15, 0.2) is 6.29 Å². The SMILES string of the molecule is CCCN/C(C)=C1/C(=O)Nc2ccc(S(=O)(=O)N(CC(C)C)CC(O)C(Cc3ccccc3)NC(=O)OC3COC4OCCC34)cc21. The summed E-state index contributed by atoms with van der Waals surface area (Å²) in [6.45, 7) is 8.88. The molecule has 3 aliphatic rings. The van der Waals surface area contributed by atoms with Crippen LogP contribution in [0.5, 0.6) is 0 Å². The summed E-state index contributed by atoms with van der Waals surface area (Å²) in [6.07, 6.45) is -1.03. The fourth-order valence-corrected chi connectivity index (χ4v) is 7.91. The second-order valence-corrected chi connectivity index (χ2v) is 14.7. The number of alkyl carbamates (subject to hydrolysis) is 1. The summed E-state index contributed by atoms with van der Waals surface area (Å²) in [7, 11) is -4.14. The monoisotopic (exact) mass is 670 g/mol. The zero-order valence-electron chi connectivity index (χ0n) is 27.4. The Morgan fingerprint density at radius 2 is 1.91 bits per heavy atom. The number of anilines is 1. The number of ether oxygens (including phenoxy) is 3. The molecule has 0 aromatic heterocycles. The molecule has 47 heavy (non-hydrogen) atoms. The number of aliphatic hydroxyl groups excluding tert-OH is 1. The van der Waals surface area contributed by atoms with Crippen LogP contribution < -0.4 is 16.0 Å². The predicted octanol–water partition coefficient (Wildman–Crippen LogP) is 3.48. The molecular weight excluding hydrogens is 624 g/mol. The number of hydrogen-bond acceptors (Lipinski definition) is 9. The Labute approximate surface area is 276 Å². The number of benzene rings is 2. The zero-order chi connectivity index (χ0) is 33.7. The molecule has 2 amide bonds. The molecule has 0 radical (unpaired) electrons. The van der Waals surface area contributed by atoms with Crippen LogP contribution in [0.15, 0.2) is 59.1 Å². The molecule has 0 aliphatic carbocycles. The maximum absolute atomic E-state index is 14.2. The maximum Gasteiger partial charge on any atom is 0.407 e. The van der Waals surface area contributed by atoms with E-state index in [-0.39, 0.29) is 55.0 Å². The fourth-order valence-electron chi connectivity index (χ4n) is 6.26. The highest BCUT2D eigenvalue weighted by Gasteiger charge is 2.44. The van der Waals surface area contributed by atoms with E-state index in [0.717, 1.165) is 18.4 Å². The zero-order valence-corrected chi connectivity index (χ0v) is 28.2. The minimum atomic E-state index is -4.14. The van der Waals surface area contributed by atoms with Crippen LogP contribution in [0, 0.1) is 11.8 Å². The van der Waals surface area contributed by atoms with Crippen molar-refractivity contribution in [2.24, 2.45) is 11.8 Å². The number of aliphatic hydroxyl groups is 1. The minimum absolute atomic E-state index is 0.00272. The third kappa shape index (κ3) is 8.15. The third-order valence-electron chi connectivity index (χ3n) is 8.66. The number of allylic oxidation sites excluding steroid dienone is 1. The molecule has 2 aromatic rings. The molecule has 0 spiro atoms. The van der Waals surface area contributed by atoms with Crippen molar-refractivity contribution in [1.82, 2.24) is 14.9 Å². The van der Waals surface area contributed by atoms with Crippen LogP contribution in [0.1, 0.15) is 51.7 Å². The van der Waals surface area contributed by atoms with Crippen molar-refractivity contribution in [3.63, 3.8) is 0 Å². The summed E-state index contributed by atoms with van der Waals surface area (Å²) in [5.74, 6) is -0.420. The number of sulfonamides is 1. The highest BCUT2D eigenvalue weighted by molar-refractivity contribution is 7.89. The van der Waals surface area contributed by atoms with Crippen LogP contribution in [-0.2, 0) is 35.4 Å². The quantitative estimate of drug-likeness (QED) is 0.221. The van der Waals surface area contributed by atoms with E-state index in [1.807, 2.05) is 51.1 Å². The molecule has 12 nitrogen and oxygen atoms in total. The molecule has 256 valence electrons. The Morgan fingerprint density at radius 3 is 2.64 bits per heavy atom. The highest BCUT2D eigenvalue weighted by atomic mass is 32.2. The molecule has 4 N–H and O–H groups in total. The van der Waals surface area contributed by atoms with E-state index >= 15 is 0 Å². The Morgan fingerprint density at radius 1 is 1.15 bits per heavy atom. The van der Waals surface area contributed by atoms with Gasteiger partial charge in [-0.25, -0.2) is 13.2 Å². The topological polar surface area (TPSA) is 156 Å². The van der Waals surface area contributed by atoms with Crippen molar-refractivity contribution >= 4 is 33.3 Å². The van der Waals surface area contributed by atoms with Crippen LogP contribution in [0.2, 0.25) is 0 Å². The third-order valence-corrected chi connectivity index (χ3v) is 10.5.